The fourth-order valence-corrected chi connectivity index (χ4v) is 2.65. The van der Waals surface area contributed by atoms with E-state index in [9.17, 15) is 5.11 Å². The van der Waals surface area contributed by atoms with Crippen molar-refractivity contribution in [2.45, 2.75) is 38.8 Å². The van der Waals surface area contributed by atoms with E-state index in [1.807, 2.05) is 12.3 Å². The van der Waals surface area contributed by atoms with Crippen LogP contribution in [0.15, 0.2) is 24.4 Å². The molecule has 1 aromatic heterocycles. The molecule has 0 amide bonds. The van der Waals surface area contributed by atoms with Crippen LogP contribution in [0.2, 0.25) is 0 Å². The van der Waals surface area contributed by atoms with Crippen molar-refractivity contribution in [2.75, 3.05) is 20.8 Å². The number of ether oxygens (including phenoxy) is 2. The van der Waals surface area contributed by atoms with Crippen molar-refractivity contribution in [2.24, 2.45) is 0 Å². The minimum absolute atomic E-state index is 0.00213. The van der Waals surface area contributed by atoms with Crippen LogP contribution in [0.1, 0.15) is 43.7 Å². The van der Waals surface area contributed by atoms with Gasteiger partial charge in [-0.3, -0.25) is 5.10 Å². The van der Waals surface area contributed by atoms with Gasteiger partial charge < -0.3 is 19.9 Å². The highest BCUT2D eigenvalue weighted by Crippen LogP contribution is 2.29. The van der Waals surface area contributed by atoms with E-state index >= 15 is 0 Å². The Balaban J connectivity index is 2.02. The second-order valence-electron chi connectivity index (χ2n) is 6.77. The average molecular weight is 333 g/mol. The van der Waals surface area contributed by atoms with Gasteiger partial charge >= 0.3 is 0 Å². The maximum Gasteiger partial charge on any atom is 0.124 e. The first-order valence-electron chi connectivity index (χ1n) is 8.00. The van der Waals surface area contributed by atoms with Gasteiger partial charge in [-0.15, -0.1) is 0 Å². The summed E-state index contributed by atoms with van der Waals surface area (Å²) in [5.41, 5.74) is 2.91. The molecule has 0 radical (unpaired) electrons. The van der Waals surface area contributed by atoms with Crippen molar-refractivity contribution in [1.29, 1.82) is 0 Å². The summed E-state index contributed by atoms with van der Waals surface area (Å²) in [5.74, 6) is 1.33. The number of rotatable bonds is 7. The fraction of sp³-hybridized carbons (Fsp3) is 0.500. The highest BCUT2D eigenvalue weighted by Gasteiger charge is 2.20. The minimum Gasteiger partial charge on any atom is -0.497 e. The number of aromatic amines is 1. The number of benzene rings is 1. The van der Waals surface area contributed by atoms with Gasteiger partial charge in [0.15, 0.2) is 0 Å². The van der Waals surface area contributed by atoms with E-state index in [0.29, 0.717) is 30.2 Å². The lowest BCUT2D eigenvalue weighted by Gasteiger charge is -2.19. The molecule has 1 unspecified atom stereocenters. The number of hydrogen-bond acceptors (Lipinski definition) is 5. The van der Waals surface area contributed by atoms with Crippen LogP contribution in [-0.4, -0.2) is 36.1 Å². The van der Waals surface area contributed by atoms with Crippen molar-refractivity contribution in [3.8, 4) is 11.5 Å². The first-order chi connectivity index (χ1) is 11.4. The van der Waals surface area contributed by atoms with E-state index in [1.165, 1.54) is 0 Å². The second-order valence-corrected chi connectivity index (χ2v) is 6.77. The second kappa shape index (κ2) is 7.68. The molecule has 0 spiro atoms. The zero-order chi connectivity index (χ0) is 17.7. The number of aliphatic hydroxyl groups excluding tert-OH is 1. The maximum absolute atomic E-state index is 10.5. The number of hydrogen-bond donors (Lipinski definition) is 3. The highest BCUT2D eigenvalue weighted by molar-refractivity contribution is 5.41. The molecule has 6 heteroatoms. The number of nitrogens with zero attached hydrogens (tertiary/aromatic N) is 1. The van der Waals surface area contributed by atoms with Crippen molar-refractivity contribution in [3.63, 3.8) is 0 Å². The molecule has 1 aromatic carbocycles. The van der Waals surface area contributed by atoms with Crippen molar-refractivity contribution in [1.82, 2.24) is 15.5 Å². The smallest absolute Gasteiger partial charge is 0.124 e. The van der Waals surface area contributed by atoms with E-state index in [-0.39, 0.29) is 5.41 Å². The topological polar surface area (TPSA) is 79.4 Å². The van der Waals surface area contributed by atoms with Gasteiger partial charge in [0.25, 0.3) is 0 Å². The fourth-order valence-electron chi connectivity index (χ4n) is 2.65. The van der Waals surface area contributed by atoms with Gasteiger partial charge in [-0.05, 0) is 18.2 Å². The molecule has 6 nitrogen and oxygen atoms in total. The van der Waals surface area contributed by atoms with E-state index in [2.05, 4.69) is 36.3 Å². The normalized spacial score (nSPS) is 12.9. The SMILES string of the molecule is COc1ccc(OC)c(C(O)CNCc2cn[nH]c2C(C)(C)C)c1. The minimum atomic E-state index is -0.694. The Bertz CT molecular complexity index is 662. The van der Waals surface area contributed by atoms with E-state index in [1.54, 1.807) is 26.4 Å². The molecular weight excluding hydrogens is 306 g/mol. The third kappa shape index (κ3) is 4.27. The van der Waals surface area contributed by atoms with Gasteiger partial charge in [-0.1, -0.05) is 20.8 Å². The summed E-state index contributed by atoms with van der Waals surface area (Å²) in [5, 5.41) is 21.0. The van der Waals surface area contributed by atoms with Crippen LogP contribution < -0.4 is 14.8 Å². The summed E-state index contributed by atoms with van der Waals surface area (Å²) in [4.78, 5) is 0. The third-order valence-corrected chi connectivity index (χ3v) is 3.92. The maximum atomic E-state index is 10.5. The molecule has 0 bridgehead atoms. The molecule has 0 aliphatic carbocycles. The average Bonchev–Trinajstić information content (AvgIpc) is 3.03. The largest absolute Gasteiger partial charge is 0.497 e. The Morgan fingerprint density at radius 2 is 2.00 bits per heavy atom. The number of H-pyrrole nitrogens is 1. The van der Waals surface area contributed by atoms with Gasteiger partial charge in [-0.25, -0.2) is 0 Å². The third-order valence-electron chi connectivity index (χ3n) is 3.92. The van der Waals surface area contributed by atoms with E-state index < -0.39 is 6.10 Å². The van der Waals surface area contributed by atoms with Crippen LogP contribution in [0, 0.1) is 0 Å². The van der Waals surface area contributed by atoms with Crippen LogP contribution in [0.3, 0.4) is 0 Å². The molecule has 2 aromatic rings. The Morgan fingerprint density at radius 1 is 1.25 bits per heavy atom. The van der Waals surface area contributed by atoms with Crippen molar-refractivity contribution in [3.05, 3.63) is 41.2 Å². The molecule has 3 N–H and O–H groups in total. The van der Waals surface area contributed by atoms with Crippen LogP contribution in [0.25, 0.3) is 0 Å². The van der Waals surface area contributed by atoms with Crippen LogP contribution in [0.5, 0.6) is 11.5 Å². The first-order valence-corrected chi connectivity index (χ1v) is 8.00. The molecule has 24 heavy (non-hydrogen) atoms. The summed E-state index contributed by atoms with van der Waals surface area (Å²) in [6.45, 7) is 7.45. The van der Waals surface area contributed by atoms with Gasteiger partial charge in [0, 0.05) is 35.3 Å². The molecule has 0 saturated carbocycles. The molecule has 1 heterocycles. The predicted molar refractivity (Wildman–Crippen MR) is 93.5 cm³/mol. The highest BCUT2D eigenvalue weighted by atomic mass is 16.5. The molecule has 0 fully saturated rings. The van der Waals surface area contributed by atoms with Crippen molar-refractivity contribution >= 4 is 0 Å². The molecule has 132 valence electrons. The zero-order valence-electron chi connectivity index (χ0n) is 15.0. The Hall–Kier alpha value is -2.05. The molecule has 0 aliphatic heterocycles. The van der Waals surface area contributed by atoms with Crippen LogP contribution in [-0.2, 0) is 12.0 Å². The van der Waals surface area contributed by atoms with Gasteiger partial charge in [0.05, 0.1) is 26.5 Å². The van der Waals surface area contributed by atoms with E-state index in [4.69, 9.17) is 9.47 Å². The van der Waals surface area contributed by atoms with Gasteiger partial charge in [0.1, 0.15) is 11.5 Å². The molecular formula is C18H27N3O3. The number of aliphatic hydroxyl groups is 1. The summed E-state index contributed by atoms with van der Waals surface area (Å²) >= 11 is 0. The number of methoxy groups -OCH3 is 2. The quantitative estimate of drug-likeness (QED) is 0.726. The van der Waals surface area contributed by atoms with Gasteiger partial charge in [-0.2, -0.15) is 5.10 Å². The van der Waals surface area contributed by atoms with Crippen LogP contribution in [0.4, 0.5) is 0 Å². The Kier molecular flexibility index (Phi) is 5.85. The first kappa shape index (κ1) is 18.3. The predicted octanol–water partition coefficient (Wildman–Crippen LogP) is 2.55. The lowest BCUT2D eigenvalue weighted by atomic mass is 9.89. The molecule has 1 atom stereocenters. The van der Waals surface area contributed by atoms with Gasteiger partial charge in [0.2, 0.25) is 0 Å². The summed E-state index contributed by atoms with van der Waals surface area (Å²) in [6, 6.07) is 5.40. The molecule has 2 rings (SSSR count). The standard InChI is InChI=1S/C18H27N3O3/c1-18(2,3)17-12(10-20-21-17)9-19-11-15(22)14-8-13(23-4)6-7-16(14)24-5/h6-8,10,15,19,22H,9,11H2,1-5H3,(H,20,21). The van der Waals surface area contributed by atoms with E-state index in [0.717, 1.165) is 11.3 Å². The molecule has 0 aliphatic rings. The molecule has 0 saturated heterocycles. The summed E-state index contributed by atoms with van der Waals surface area (Å²) < 4.78 is 10.5. The summed E-state index contributed by atoms with van der Waals surface area (Å²) in [6.07, 6.45) is 1.13. The monoisotopic (exact) mass is 333 g/mol. The van der Waals surface area contributed by atoms with Crippen LogP contribution >= 0.6 is 0 Å². The lowest BCUT2D eigenvalue weighted by molar-refractivity contribution is 0.169. The zero-order valence-corrected chi connectivity index (χ0v) is 15.0. The number of nitrogens with one attached hydrogen (secondary N) is 2. The Morgan fingerprint density at radius 3 is 2.62 bits per heavy atom. The lowest BCUT2D eigenvalue weighted by Crippen LogP contribution is -2.23. The summed E-state index contributed by atoms with van der Waals surface area (Å²) in [7, 11) is 3.19. The van der Waals surface area contributed by atoms with Crippen molar-refractivity contribution < 1.29 is 14.6 Å². The number of aromatic nitrogens is 2. The Labute approximate surface area is 143 Å².